The first-order valence-electron chi connectivity index (χ1n) is 8.61. The van der Waals surface area contributed by atoms with Crippen LogP contribution in [-0.4, -0.2) is 12.1 Å². The van der Waals surface area contributed by atoms with Crippen LogP contribution in [0.25, 0.3) is 33.6 Å². The van der Waals surface area contributed by atoms with Crippen LogP contribution in [0.3, 0.4) is 0 Å². The molecule has 0 atom stereocenters. The standard InChI is InChI=1S/C24H19NO/c1-26-21-14-12-18(13-15-21)22-16-17-23(19-8-4-2-5-9-19)25-24(22)20-10-6-3-7-11-20/h2-17H,1H3. The minimum atomic E-state index is 0.851. The van der Waals surface area contributed by atoms with Crippen molar-refractivity contribution >= 4 is 0 Å². The SMILES string of the molecule is COc1ccc(-c2ccc(-c3ccccc3)nc2-c2ccccc2)cc1. The Kier molecular flexibility index (Phi) is 4.48. The first-order chi connectivity index (χ1) is 12.8. The van der Waals surface area contributed by atoms with E-state index in [-0.39, 0.29) is 0 Å². The zero-order valence-corrected chi connectivity index (χ0v) is 14.6. The van der Waals surface area contributed by atoms with Gasteiger partial charge in [-0.3, -0.25) is 0 Å². The normalized spacial score (nSPS) is 10.5. The molecule has 0 radical (unpaired) electrons. The summed E-state index contributed by atoms with van der Waals surface area (Å²) < 4.78 is 5.28. The second-order valence-electron chi connectivity index (χ2n) is 6.05. The maximum atomic E-state index is 5.28. The smallest absolute Gasteiger partial charge is 0.118 e. The number of ether oxygens (including phenoxy) is 1. The van der Waals surface area contributed by atoms with Crippen molar-refractivity contribution in [3.63, 3.8) is 0 Å². The van der Waals surface area contributed by atoms with Gasteiger partial charge in [-0.25, -0.2) is 4.98 Å². The number of methoxy groups -OCH3 is 1. The molecule has 26 heavy (non-hydrogen) atoms. The van der Waals surface area contributed by atoms with E-state index in [1.165, 1.54) is 0 Å². The lowest BCUT2D eigenvalue weighted by atomic mass is 9.98. The van der Waals surface area contributed by atoms with Gasteiger partial charge in [-0.05, 0) is 23.8 Å². The van der Waals surface area contributed by atoms with E-state index in [1.807, 2.05) is 48.5 Å². The van der Waals surface area contributed by atoms with Crippen LogP contribution in [-0.2, 0) is 0 Å². The molecule has 3 aromatic carbocycles. The molecular weight excluding hydrogens is 318 g/mol. The van der Waals surface area contributed by atoms with Crippen molar-refractivity contribution in [2.75, 3.05) is 7.11 Å². The molecule has 1 aromatic heterocycles. The third kappa shape index (κ3) is 3.22. The highest BCUT2D eigenvalue weighted by atomic mass is 16.5. The van der Waals surface area contributed by atoms with Crippen LogP contribution in [0.4, 0.5) is 0 Å². The molecule has 4 rings (SSSR count). The zero-order valence-electron chi connectivity index (χ0n) is 14.6. The largest absolute Gasteiger partial charge is 0.497 e. The summed E-state index contributed by atoms with van der Waals surface area (Å²) in [6, 6.07) is 32.9. The van der Waals surface area contributed by atoms with Gasteiger partial charge in [0.05, 0.1) is 18.5 Å². The van der Waals surface area contributed by atoms with Crippen LogP contribution < -0.4 is 4.74 Å². The molecule has 0 aliphatic carbocycles. The molecular formula is C24H19NO. The first kappa shape index (κ1) is 16.1. The third-order valence-corrected chi connectivity index (χ3v) is 4.41. The highest BCUT2D eigenvalue weighted by Crippen LogP contribution is 2.33. The summed E-state index contributed by atoms with van der Waals surface area (Å²) >= 11 is 0. The van der Waals surface area contributed by atoms with Crippen molar-refractivity contribution in [1.82, 2.24) is 4.98 Å². The Bertz CT molecular complexity index is 993. The van der Waals surface area contributed by atoms with Crippen molar-refractivity contribution in [1.29, 1.82) is 0 Å². The molecule has 2 heteroatoms. The van der Waals surface area contributed by atoms with Crippen molar-refractivity contribution < 1.29 is 4.74 Å². The summed E-state index contributed by atoms with van der Waals surface area (Å²) in [6.07, 6.45) is 0. The number of hydrogen-bond acceptors (Lipinski definition) is 2. The maximum absolute atomic E-state index is 5.28. The van der Waals surface area contributed by atoms with Crippen molar-refractivity contribution in [2.24, 2.45) is 0 Å². The average Bonchev–Trinajstić information content (AvgIpc) is 2.75. The molecule has 0 saturated heterocycles. The summed E-state index contributed by atoms with van der Waals surface area (Å²) in [4.78, 5) is 5.00. The first-order valence-corrected chi connectivity index (χ1v) is 8.61. The highest BCUT2D eigenvalue weighted by Gasteiger charge is 2.11. The molecule has 0 amide bonds. The number of benzene rings is 3. The van der Waals surface area contributed by atoms with Crippen LogP contribution in [0.15, 0.2) is 97.1 Å². The van der Waals surface area contributed by atoms with Crippen LogP contribution in [0, 0.1) is 0 Å². The lowest BCUT2D eigenvalue weighted by molar-refractivity contribution is 0.415. The number of nitrogens with zero attached hydrogens (tertiary/aromatic N) is 1. The molecule has 0 bridgehead atoms. The molecule has 0 spiro atoms. The minimum Gasteiger partial charge on any atom is -0.497 e. The Balaban J connectivity index is 1.88. The molecule has 1 heterocycles. The Morgan fingerprint density at radius 1 is 0.577 bits per heavy atom. The maximum Gasteiger partial charge on any atom is 0.118 e. The van der Waals surface area contributed by atoms with Crippen LogP contribution in [0.1, 0.15) is 0 Å². The quantitative estimate of drug-likeness (QED) is 0.449. The van der Waals surface area contributed by atoms with Gasteiger partial charge >= 0.3 is 0 Å². The van der Waals surface area contributed by atoms with Gasteiger partial charge < -0.3 is 4.74 Å². The summed E-state index contributed by atoms with van der Waals surface area (Å²) in [7, 11) is 1.68. The number of aromatic nitrogens is 1. The van der Waals surface area contributed by atoms with Gasteiger partial charge in [-0.15, -0.1) is 0 Å². The summed E-state index contributed by atoms with van der Waals surface area (Å²) in [6.45, 7) is 0. The van der Waals surface area contributed by atoms with E-state index in [0.29, 0.717) is 0 Å². The van der Waals surface area contributed by atoms with Crippen LogP contribution in [0.5, 0.6) is 5.75 Å². The monoisotopic (exact) mass is 337 g/mol. The number of hydrogen-bond donors (Lipinski definition) is 0. The van der Waals surface area contributed by atoms with E-state index >= 15 is 0 Å². The van der Waals surface area contributed by atoms with Gasteiger partial charge in [0.2, 0.25) is 0 Å². The molecule has 0 unspecified atom stereocenters. The predicted molar refractivity (Wildman–Crippen MR) is 107 cm³/mol. The highest BCUT2D eigenvalue weighted by molar-refractivity contribution is 5.83. The van der Waals surface area contributed by atoms with Crippen molar-refractivity contribution in [3.05, 3.63) is 97.1 Å². The molecule has 0 aliphatic heterocycles. The van der Waals surface area contributed by atoms with E-state index in [2.05, 4.69) is 48.5 Å². The fourth-order valence-electron chi connectivity index (χ4n) is 3.05. The van der Waals surface area contributed by atoms with E-state index in [4.69, 9.17) is 9.72 Å². The van der Waals surface area contributed by atoms with E-state index < -0.39 is 0 Å². The molecule has 0 fully saturated rings. The second kappa shape index (κ2) is 7.24. The zero-order chi connectivity index (χ0) is 17.8. The third-order valence-electron chi connectivity index (χ3n) is 4.41. The molecule has 2 nitrogen and oxygen atoms in total. The van der Waals surface area contributed by atoms with Crippen LogP contribution in [0.2, 0.25) is 0 Å². The molecule has 0 saturated carbocycles. The summed E-state index contributed by atoms with van der Waals surface area (Å²) in [5.41, 5.74) is 6.41. The van der Waals surface area contributed by atoms with E-state index in [1.54, 1.807) is 7.11 Å². The average molecular weight is 337 g/mol. The second-order valence-corrected chi connectivity index (χ2v) is 6.05. The Morgan fingerprint density at radius 2 is 1.19 bits per heavy atom. The summed E-state index contributed by atoms with van der Waals surface area (Å²) in [5.74, 6) is 0.851. The van der Waals surface area contributed by atoms with Gasteiger partial charge in [0, 0.05) is 16.7 Å². The van der Waals surface area contributed by atoms with Gasteiger partial charge in [0.1, 0.15) is 5.75 Å². The van der Waals surface area contributed by atoms with Crippen molar-refractivity contribution in [2.45, 2.75) is 0 Å². The molecule has 0 N–H and O–H groups in total. The lowest BCUT2D eigenvalue weighted by Gasteiger charge is -2.12. The number of pyridine rings is 1. The van der Waals surface area contributed by atoms with Gasteiger partial charge in [-0.2, -0.15) is 0 Å². The summed E-state index contributed by atoms with van der Waals surface area (Å²) in [5, 5.41) is 0. The molecule has 4 aromatic rings. The lowest BCUT2D eigenvalue weighted by Crippen LogP contribution is -1.93. The fourth-order valence-corrected chi connectivity index (χ4v) is 3.05. The topological polar surface area (TPSA) is 22.1 Å². The Labute approximate surface area is 153 Å². The molecule has 126 valence electrons. The number of rotatable bonds is 4. The minimum absolute atomic E-state index is 0.851. The van der Waals surface area contributed by atoms with Crippen molar-refractivity contribution in [3.8, 4) is 39.4 Å². The van der Waals surface area contributed by atoms with Crippen LogP contribution >= 0.6 is 0 Å². The van der Waals surface area contributed by atoms with Gasteiger partial charge in [0.15, 0.2) is 0 Å². The van der Waals surface area contributed by atoms with E-state index in [9.17, 15) is 0 Å². The fraction of sp³-hybridized carbons (Fsp3) is 0.0417. The van der Waals surface area contributed by atoms with E-state index in [0.717, 1.165) is 39.4 Å². The Morgan fingerprint density at radius 3 is 1.81 bits per heavy atom. The Hall–Kier alpha value is -3.39. The molecule has 0 aliphatic rings. The van der Waals surface area contributed by atoms with Gasteiger partial charge in [-0.1, -0.05) is 78.9 Å². The van der Waals surface area contributed by atoms with Gasteiger partial charge in [0.25, 0.3) is 0 Å². The predicted octanol–water partition coefficient (Wildman–Crippen LogP) is 6.09.